The second-order valence-electron chi connectivity index (χ2n) is 7.16. The fourth-order valence-electron chi connectivity index (χ4n) is 3.95. The first-order valence-corrected chi connectivity index (χ1v) is 10.0. The Kier molecular flexibility index (Phi) is 4.44. The van der Waals surface area contributed by atoms with E-state index in [4.69, 9.17) is 0 Å². The molecule has 7 heteroatoms. The first kappa shape index (κ1) is 17.4. The number of amides is 1. The average Bonchev–Trinajstić information content (AvgIpc) is 2.93. The maximum absolute atomic E-state index is 12.8. The van der Waals surface area contributed by atoms with Crippen molar-refractivity contribution < 1.29 is 18.3 Å². The van der Waals surface area contributed by atoms with Crippen molar-refractivity contribution in [2.45, 2.75) is 13.3 Å². The summed E-state index contributed by atoms with van der Waals surface area (Å²) in [6, 6.07) is 7.46. The van der Waals surface area contributed by atoms with Crippen molar-refractivity contribution in [3.05, 3.63) is 35.4 Å². The average molecular weight is 352 g/mol. The van der Waals surface area contributed by atoms with E-state index in [1.165, 1.54) is 10.6 Å². The number of piperidine rings is 1. The lowest BCUT2D eigenvalue weighted by Crippen LogP contribution is -2.52. The number of hydrogen-bond donors (Lipinski definition) is 1. The molecule has 1 N–H and O–H groups in total. The molecule has 1 aromatic carbocycles. The Hall–Kier alpha value is -1.44. The van der Waals surface area contributed by atoms with E-state index in [9.17, 15) is 18.3 Å². The van der Waals surface area contributed by atoms with E-state index in [-0.39, 0.29) is 25.0 Å². The number of likely N-dealkylation sites (tertiary alicyclic amines) is 1. The van der Waals surface area contributed by atoms with Crippen LogP contribution in [0.3, 0.4) is 0 Å². The monoisotopic (exact) mass is 352 g/mol. The minimum absolute atomic E-state index is 0.0530. The second kappa shape index (κ2) is 6.13. The Labute approximate surface area is 143 Å². The fraction of sp³-hybridized carbons (Fsp3) is 0.588. The van der Waals surface area contributed by atoms with Crippen LogP contribution in [0.5, 0.6) is 0 Å². The first-order valence-electron chi connectivity index (χ1n) is 8.17. The predicted octanol–water partition coefficient (Wildman–Crippen LogP) is 0.711. The van der Waals surface area contributed by atoms with Gasteiger partial charge in [0.25, 0.3) is 5.91 Å². The van der Waals surface area contributed by atoms with Crippen molar-refractivity contribution >= 4 is 15.9 Å². The summed E-state index contributed by atoms with van der Waals surface area (Å²) in [6.45, 7) is 3.54. The standard InChI is InChI=1S/C17H24N2O4S/c1-13-4-3-5-14(8-13)16(21)18-7-6-15-9-19(24(2,22)23)11-17(15,10-18)12-20/h3-5,8,15,20H,6-7,9-12H2,1-2H3/t15-,17+/m0/s1. The molecule has 24 heavy (non-hydrogen) atoms. The number of nitrogens with zero attached hydrogens (tertiary/aromatic N) is 2. The Morgan fingerprint density at radius 2 is 2.12 bits per heavy atom. The highest BCUT2D eigenvalue weighted by Crippen LogP contribution is 2.42. The molecular weight excluding hydrogens is 328 g/mol. The zero-order valence-electron chi connectivity index (χ0n) is 14.1. The van der Waals surface area contributed by atoms with E-state index in [0.29, 0.717) is 31.6 Å². The van der Waals surface area contributed by atoms with E-state index in [0.717, 1.165) is 5.56 Å². The summed E-state index contributed by atoms with van der Waals surface area (Å²) in [7, 11) is -3.29. The fourth-order valence-corrected chi connectivity index (χ4v) is 4.89. The van der Waals surface area contributed by atoms with Gasteiger partial charge in [-0.2, -0.15) is 0 Å². The van der Waals surface area contributed by atoms with E-state index < -0.39 is 15.4 Å². The van der Waals surface area contributed by atoms with Crippen LogP contribution in [-0.4, -0.2) is 67.7 Å². The number of aliphatic hydroxyl groups excluding tert-OH is 1. The molecule has 0 saturated carbocycles. The van der Waals surface area contributed by atoms with Crippen molar-refractivity contribution in [3.8, 4) is 0 Å². The quantitative estimate of drug-likeness (QED) is 0.869. The number of aryl methyl sites for hydroxylation is 1. The van der Waals surface area contributed by atoms with Gasteiger partial charge >= 0.3 is 0 Å². The number of aliphatic hydroxyl groups is 1. The Morgan fingerprint density at radius 3 is 2.75 bits per heavy atom. The Balaban J connectivity index is 1.82. The Morgan fingerprint density at radius 1 is 1.38 bits per heavy atom. The molecule has 0 aliphatic carbocycles. The van der Waals surface area contributed by atoms with Crippen LogP contribution < -0.4 is 0 Å². The Bertz CT molecular complexity index is 749. The van der Waals surface area contributed by atoms with Gasteiger partial charge in [-0.1, -0.05) is 17.7 Å². The van der Waals surface area contributed by atoms with Gasteiger partial charge in [0.05, 0.1) is 12.9 Å². The molecule has 0 unspecified atom stereocenters. The van der Waals surface area contributed by atoms with Gasteiger partial charge in [-0.05, 0) is 31.4 Å². The summed E-state index contributed by atoms with van der Waals surface area (Å²) < 4.78 is 25.2. The molecule has 2 fully saturated rings. The molecule has 2 aliphatic rings. The lowest BCUT2D eigenvalue weighted by atomic mass is 9.74. The molecular formula is C17H24N2O4S. The molecule has 3 rings (SSSR count). The molecule has 0 bridgehead atoms. The number of carbonyl (C=O) groups excluding carboxylic acids is 1. The van der Waals surface area contributed by atoms with E-state index in [1.54, 1.807) is 11.0 Å². The maximum atomic E-state index is 12.8. The zero-order chi connectivity index (χ0) is 17.5. The third-order valence-corrected chi connectivity index (χ3v) is 6.59. The SMILES string of the molecule is Cc1cccc(C(=O)N2CC[C@H]3CN(S(C)(=O)=O)C[C@@]3(CO)C2)c1. The molecule has 0 radical (unpaired) electrons. The molecule has 2 saturated heterocycles. The van der Waals surface area contributed by atoms with E-state index in [1.807, 2.05) is 25.1 Å². The van der Waals surface area contributed by atoms with Gasteiger partial charge in [0.1, 0.15) is 0 Å². The maximum Gasteiger partial charge on any atom is 0.253 e. The van der Waals surface area contributed by atoms with Crippen molar-refractivity contribution in [3.63, 3.8) is 0 Å². The lowest BCUT2D eigenvalue weighted by Gasteiger charge is -2.43. The third kappa shape index (κ3) is 3.08. The van der Waals surface area contributed by atoms with Crippen LogP contribution in [0.4, 0.5) is 0 Å². The highest BCUT2D eigenvalue weighted by Gasteiger charge is 2.52. The van der Waals surface area contributed by atoms with Gasteiger partial charge < -0.3 is 10.0 Å². The minimum atomic E-state index is -3.29. The lowest BCUT2D eigenvalue weighted by molar-refractivity contribution is 0.0129. The predicted molar refractivity (Wildman–Crippen MR) is 91.1 cm³/mol. The van der Waals surface area contributed by atoms with Crippen LogP contribution in [0.15, 0.2) is 24.3 Å². The summed E-state index contributed by atoms with van der Waals surface area (Å²) in [5.41, 5.74) is 1.11. The van der Waals surface area contributed by atoms with Crippen molar-refractivity contribution in [2.75, 3.05) is 39.0 Å². The van der Waals surface area contributed by atoms with E-state index >= 15 is 0 Å². The van der Waals surface area contributed by atoms with Crippen molar-refractivity contribution in [2.24, 2.45) is 11.3 Å². The molecule has 0 spiro atoms. The largest absolute Gasteiger partial charge is 0.396 e. The summed E-state index contributed by atoms with van der Waals surface area (Å²) >= 11 is 0. The molecule has 2 heterocycles. The number of rotatable bonds is 3. The van der Waals surface area contributed by atoms with Crippen molar-refractivity contribution in [1.82, 2.24) is 9.21 Å². The van der Waals surface area contributed by atoms with E-state index in [2.05, 4.69) is 0 Å². The zero-order valence-corrected chi connectivity index (χ0v) is 14.9. The molecule has 1 amide bonds. The normalized spacial score (nSPS) is 28.0. The van der Waals surface area contributed by atoms with Gasteiger partial charge in [0.15, 0.2) is 0 Å². The molecule has 2 atom stereocenters. The van der Waals surface area contributed by atoms with Gasteiger partial charge in [-0.25, -0.2) is 12.7 Å². The van der Waals surface area contributed by atoms with Gasteiger partial charge in [-0.3, -0.25) is 4.79 Å². The van der Waals surface area contributed by atoms with Gasteiger partial charge in [0, 0.05) is 37.2 Å². The molecule has 0 aromatic heterocycles. The number of fused-ring (bicyclic) bond motifs is 1. The number of carbonyl (C=O) groups is 1. The summed E-state index contributed by atoms with van der Waals surface area (Å²) in [5.74, 6) is 0.0431. The molecule has 1 aromatic rings. The minimum Gasteiger partial charge on any atom is -0.396 e. The second-order valence-corrected chi connectivity index (χ2v) is 9.14. The topological polar surface area (TPSA) is 77.9 Å². The highest BCUT2D eigenvalue weighted by atomic mass is 32.2. The number of sulfonamides is 1. The number of benzene rings is 1. The molecule has 2 aliphatic heterocycles. The van der Waals surface area contributed by atoms with Gasteiger partial charge in [-0.15, -0.1) is 0 Å². The van der Waals surface area contributed by atoms with Crippen LogP contribution in [0.25, 0.3) is 0 Å². The first-order chi connectivity index (χ1) is 11.2. The number of hydrogen-bond acceptors (Lipinski definition) is 4. The van der Waals surface area contributed by atoms with Crippen LogP contribution in [0.2, 0.25) is 0 Å². The van der Waals surface area contributed by atoms with Crippen LogP contribution >= 0.6 is 0 Å². The van der Waals surface area contributed by atoms with Gasteiger partial charge in [0.2, 0.25) is 10.0 Å². The summed E-state index contributed by atoms with van der Waals surface area (Å²) in [5, 5.41) is 9.99. The third-order valence-electron chi connectivity index (χ3n) is 5.37. The molecule has 6 nitrogen and oxygen atoms in total. The van der Waals surface area contributed by atoms with Crippen LogP contribution in [-0.2, 0) is 10.0 Å². The van der Waals surface area contributed by atoms with Crippen LogP contribution in [0.1, 0.15) is 22.3 Å². The summed E-state index contributed by atoms with van der Waals surface area (Å²) in [6.07, 6.45) is 1.91. The molecule has 132 valence electrons. The highest BCUT2D eigenvalue weighted by molar-refractivity contribution is 7.88. The smallest absolute Gasteiger partial charge is 0.253 e. The van der Waals surface area contributed by atoms with Crippen LogP contribution in [0, 0.1) is 18.3 Å². The summed E-state index contributed by atoms with van der Waals surface area (Å²) in [4.78, 5) is 14.5. The van der Waals surface area contributed by atoms with Crippen molar-refractivity contribution in [1.29, 1.82) is 0 Å².